The lowest BCUT2D eigenvalue weighted by atomic mass is 10.1. The van der Waals surface area contributed by atoms with Crippen molar-refractivity contribution < 1.29 is 24.3 Å². The van der Waals surface area contributed by atoms with E-state index in [-0.39, 0.29) is 24.7 Å². The van der Waals surface area contributed by atoms with E-state index in [1.54, 1.807) is 0 Å². The molecule has 12 N–H and O–H groups in total. The second-order valence-electron chi connectivity index (χ2n) is 7.21. The van der Waals surface area contributed by atoms with Crippen LogP contribution in [0.4, 0.5) is 0 Å². The number of hydrogen-bond acceptors (Lipinski definition) is 8. The molecule has 0 fully saturated rings. The molecule has 4 atom stereocenters. The van der Waals surface area contributed by atoms with Gasteiger partial charge in [-0.2, -0.15) is 12.6 Å². The molecule has 14 heteroatoms. The van der Waals surface area contributed by atoms with E-state index in [9.17, 15) is 19.2 Å². The smallest absolute Gasteiger partial charge is 0.327 e. The Morgan fingerprint density at radius 2 is 1.56 bits per heavy atom. The van der Waals surface area contributed by atoms with Gasteiger partial charge in [-0.1, -0.05) is 6.42 Å². The predicted molar refractivity (Wildman–Crippen MR) is 124 cm³/mol. The van der Waals surface area contributed by atoms with Gasteiger partial charge >= 0.3 is 5.97 Å². The van der Waals surface area contributed by atoms with Gasteiger partial charge in [0.25, 0.3) is 0 Å². The van der Waals surface area contributed by atoms with Gasteiger partial charge < -0.3 is 44.0 Å². The molecular formula is C18H36N8O5S. The summed E-state index contributed by atoms with van der Waals surface area (Å²) in [5.41, 5.74) is 21.9. The van der Waals surface area contributed by atoms with Crippen LogP contribution in [0.3, 0.4) is 0 Å². The highest BCUT2D eigenvalue weighted by Gasteiger charge is 2.27. The minimum absolute atomic E-state index is 0.0977. The standard InChI is InChI=1S/C18H36N8O5S/c1-10(14(27)26-13(9-32)17(30)31)24-16(29)12(6-4-8-23-18(21)22)25-15(28)11(20)5-2-3-7-19/h10-13,32H,2-9,19-20H2,1H3,(H,24,29)(H,25,28)(H,26,27)(H,30,31)(H4,21,22,23). The number of guanidine groups is 1. The second-order valence-corrected chi connectivity index (χ2v) is 7.58. The first-order chi connectivity index (χ1) is 15.0. The number of carbonyl (C=O) groups excluding carboxylic acids is 3. The predicted octanol–water partition coefficient (Wildman–Crippen LogP) is -3.01. The molecule has 0 heterocycles. The number of unbranched alkanes of at least 4 members (excludes halogenated alkanes) is 1. The molecule has 32 heavy (non-hydrogen) atoms. The Morgan fingerprint density at radius 3 is 2.09 bits per heavy atom. The number of aliphatic carboxylic acids is 1. The van der Waals surface area contributed by atoms with Gasteiger partial charge in [-0.05, 0) is 39.2 Å². The zero-order valence-corrected chi connectivity index (χ0v) is 19.1. The number of carboxylic acids is 1. The summed E-state index contributed by atoms with van der Waals surface area (Å²) in [5, 5.41) is 16.3. The van der Waals surface area contributed by atoms with Crippen molar-refractivity contribution in [2.75, 3.05) is 18.8 Å². The van der Waals surface area contributed by atoms with E-state index in [0.717, 1.165) is 6.42 Å². The molecule has 0 saturated carbocycles. The van der Waals surface area contributed by atoms with Crippen molar-refractivity contribution in [3.8, 4) is 0 Å². The molecule has 13 nitrogen and oxygen atoms in total. The highest BCUT2D eigenvalue weighted by atomic mass is 32.1. The molecule has 0 saturated heterocycles. The van der Waals surface area contributed by atoms with Gasteiger partial charge in [0.1, 0.15) is 18.1 Å². The number of nitrogens with zero attached hydrogens (tertiary/aromatic N) is 1. The van der Waals surface area contributed by atoms with Crippen molar-refractivity contribution in [3.63, 3.8) is 0 Å². The second kappa shape index (κ2) is 16.1. The van der Waals surface area contributed by atoms with E-state index in [2.05, 4.69) is 33.6 Å². The number of nitrogens with two attached hydrogens (primary N) is 4. The van der Waals surface area contributed by atoms with Gasteiger partial charge in [0.2, 0.25) is 17.7 Å². The molecule has 0 aliphatic heterocycles. The first kappa shape index (κ1) is 29.4. The van der Waals surface area contributed by atoms with E-state index in [4.69, 9.17) is 28.0 Å². The Hall–Kier alpha value is -2.58. The van der Waals surface area contributed by atoms with Crippen LogP contribution < -0.4 is 38.9 Å². The van der Waals surface area contributed by atoms with Gasteiger partial charge in [0.15, 0.2) is 5.96 Å². The summed E-state index contributed by atoms with van der Waals surface area (Å²) in [5.74, 6) is -3.31. The number of amides is 3. The number of carbonyl (C=O) groups is 4. The quantitative estimate of drug-likeness (QED) is 0.0476. The molecule has 0 aliphatic rings. The van der Waals surface area contributed by atoms with Crippen molar-refractivity contribution in [2.45, 2.75) is 63.2 Å². The molecule has 0 aromatic carbocycles. The Balaban J connectivity index is 5.07. The lowest BCUT2D eigenvalue weighted by molar-refractivity contribution is -0.141. The largest absolute Gasteiger partial charge is 0.480 e. The number of nitrogens with one attached hydrogen (secondary N) is 3. The number of thiol groups is 1. The van der Waals surface area contributed by atoms with Crippen molar-refractivity contribution >= 4 is 42.3 Å². The van der Waals surface area contributed by atoms with Crippen LogP contribution in [0.15, 0.2) is 4.99 Å². The van der Waals surface area contributed by atoms with Crippen LogP contribution in [0.25, 0.3) is 0 Å². The average Bonchev–Trinajstić information content (AvgIpc) is 2.73. The maximum atomic E-state index is 12.7. The molecule has 0 spiro atoms. The fourth-order valence-corrected chi connectivity index (χ4v) is 2.80. The minimum atomic E-state index is -1.25. The molecule has 3 amide bonds. The summed E-state index contributed by atoms with van der Waals surface area (Å²) in [6.45, 7) is 2.12. The molecule has 0 aromatic rings. The van der Waals surface area contributed by atoms with Crippen LogP contribution in [0, 0.1) is 0 Å². The SMILES string of the molecule is CC(NC(=O)C(CCCN=C(N)N)NC(=O)C(N)CCCCN)C(=O)NC(CS)C(=O)O. The summed E-state index contributed by atoms with van der Waals surface area (Å²) in [4.78, 5) is 52.2. The summed E-state index contributed by atoms with van der Waals surface area (Å²) in [6.07, 6.45) is 2.36. The van der Waals surface area contributed by atoms with Crippen LogP contribution in [0.2, 0.25) is 0 Å². The molecular weight excluding hydrogens is 440 g/mol. The maximum absolute atomic E-state index is 12.7. The lowest BCUT2D eigenvalue weighted by Crippen LogP contribution is -2.56. The maximum Gasteiger partial charge on any atom is 0.327 e. The zero-order chi connectivity index (χ0) is 24.7. The highest BCUT2D eigenvalue weighted by molar-refractivity contribution is 7.80. The van der Waals surface area contributed by atoms with Crippen LogP contribution in [0.1, 0.15) is 39.0 Å². The third-order valence-corrected chi connectivity index (χ3v) is 4.80. The molecule has 4 unspecified atom stereocenters. The monoisotopic (exact) mass is 476 g/mol. The minimum Gasteiger partial charge on any atom is -0.480 e. The zero-order valence-electron chi connectivity index (χ0n) is 18.3. The summed E-state index contributed by atoms with van der Waals surface area (Å²) >= 11 is 3.87. The number of hydrogen-bond donors (Lipinski definition) is 9. The third kappa shape index (κ3) is 12.3. The fraction of sp³-hybridized carbons (Fsp3) is 0.722. The first-order valence-corrected chi connectivity index (χ1v) is 10.9. The van der Waals surface area contributed by atoms with E-state index in [1.165, 1.54) is 6.92 Å². The third-order valence-electron chi connectivity index (χ3n) is 4.43. The Kier molecular flexibility index (Phi) is 14.8. The van der Waals surface area contributed by atoms with Gasteiger partial charge in [-0.15, -0.1) is 0 Å². The summed E-state index contributed by atoms with van der Waals surface area (Å²) in [6, 6.07) is -4.07. The molecule has 0 rings (SSSR count). The Labute approximate surface area is 192 Å². The summed E-state index contributed by atoms with van der Waals surface area (Å²) < 4.78 is 0. The van der Waals surface area contributed by atoms with Gasteiger partial charge in [-0.3, -0.25) is 19.4 Å². The molecule has 0 aliphatic carbocycles. The van der Waals surface area contributed by atoms with Crippen molar-refractivity contribution in [3.05, 3.63) is 0 Å². The van der Waals surface area contributed by atoms with Gasteiger partial charge in [0, 0.05) is 12.3 Å². The van der Waals surface area contributed by atoms with Crippen LogP contribution in [-0.4, -0.2) is 77.8 Å². The van der Waals surface area contributed by atoms with Crippen molar-refractivity contribution in [1.82, 2.24) is 16.0 Å². The van der Waals surface area contributed by atoms with E-state index >= 15 is 0 Å². The fourth-order valence-electron chi connectivity index (χ4n) is 2.55. The Bertz CT molecular complexity index is 659. The van der Waals surface area contributed by atoms with Gasteiger partial charge in [-0.25, -0.2) is 4.79 Å². The van der Waals surface area contributed by atoms with Crippen molar-refractivity contribution in [1.29, 1.82) is 0 Å². The first-order valence-electron chi connectivity index (χ1n) is 10.3. The molecule has 0 bridgehead atoms. The molecule has 184 valence electrons. The highest BCUT2D eigenvalue weighted by Crippen LogP contribution is 2.03. The number of aliphatic imine (C=N–C) groups is 1. The van der Waals surface area contributed by atoms with Crippen LogP contribution in [0.5, 0.6) is 0 Å². The van der Waals surface area contributed by atoms with Crippen LogP contribution in [-0.2, 0) is 19.2 Å². The topological polar surface area (TPSA) is 241 Å². The van der Waals surface area contributed by atoms with E-state index < -0.39 is 47.9 Å². The lowest BCUT2D eigenvalue weighted by Gasteiger charge is -2.23. The number of carboxylic acid groups (broad SMARTS) is 1. The Morgan fingerprint density at radius 1 is 0.938 bits per heavy atom. The van der Waals surface area contributed by atoms with Crippen molar-refractivity contribution in [2.24, 2.45) is 27.9 Å². The molecule has 0 aromatic heterocycles. The molecule has 0 radical (unpaired) electrons. The normalized spacial score (nSPS) is 14.4. The van der Waals surface area contributed by atoms with E-state index in [1.807, 2.05) is 0 Å². The summed E-state index contributed by atoms with van der Waals surface area (Å²) in [7, 11) is 0. The van der Waals surface area contributed by atoms with Gasteiger partial charge in [0.05, 0.1) is 6.04 Å². The average molecular weight is 477 g/mol. The van der Waals surface area contributed by atoms with E-state index in [0.29, 0.717) is 25.8 Å². The van der Waals surface area contributed by atoms with Crippen LogP contribution >= 0.6 is 12.6 Å². The number of rotatable bonds is 16.